The average Bonchev–Trinajstić information content (AvgIpc) is 2.83. The van der Waals surface area contributed by atoms with Gasteiger partial charge >= 0.3 is 5.97 Å². The molecule has 0 aliphatic carbocycles. The van der Waals surface area contributed by atoms with Crippen LogP contribution in [-0.2, 0) is 20.7 Å². The van der Waals surface area contributed by atoms with E-state index in [2.05, 4.69) is 16.0 Å². The SMILES string of the molecule is O=C(CCCC(=O)OCCCc1ccccc1)NC(=S)Nc1ccccc1C(=O)NCCCO. The van der Waals surface area contributed by atoms with Gasteiger partial charge in [0.15, 0.2) is 5.11 Å². The molecule has 0 saturated carbocycles. The van der Waals surface area contributed by atoms with Crippen LogP contribution in [0.3, 0.4) is 0 Å². The van der Waals surface area contributed by atoms with E-state index >= 15 is 0 Å². The molecule has 0 aliphatic rings. The van der Waals surface area contributed by atoms with Crippen molar-refractivity contribution in [1.29, 1.82) is 0 Å². The van der Waals surface area contributed by atoms with E-state index in [1.54, 1.807) is 24.3 Å². The van der Waals surface area contributed by atoms with E-state index in [1.807, 2.05) is 30.3 Å². The summed E-state index contributed by atoms with van der Waals surface area (Å²) in [6.07, 6.45) is 2.65. The quantitative estimate of drug-likeness (QED) is 0.196. The standard InChI is InChI=1S/C25H31N3O5S/c29-17-8-16-26-24(32)20-12-4-5-13-21(20)27-25(34)28-22(30)14-6-15-23(31)33-18-7-11-19-9-2-1-3-10-19/h1-5,9-10,12-13,29H,6-8,11,14-18H2,(H,26,32)(H2,27,28,30,34). The lowest BCUT2D eigenvalue weighted by molar-refractivity contribution is -0.143. The minimum atomic E-state index is -0.334. The van der Waals surface area contributed by atoms with Crippen molar-refractivity contribution in [1.82, 2.24) is 10.6 Å². The number of thiocarbonyl (C=S) groups is 1. The second-order valence-electron chi connectivity index (χ2n) is 7.54. The van der Waals surface area contributed by atoms with Crippen LogP contribution < -0.4 is 16.0 Å². The number of hydrogen-bond donors (Lipinski definition) is 4. The lowest BCUT2D eigenvalue weighted by Gasteiger charge is -2.13. The van der Waals surface area contributed by atoms with E-state index in [1.165, 1.54) is 5.56 Å². The van der Waals surface area contributed by atoms with Gasteiger partial charge in [0.05, 0.1) is 17.9 Å². The highest BCUT2D eigenvalue weighted by molar-refractivity contribution is 7.80. The van der Waals surface area contributed by atoms with Crippen LogP contribution in [-0.4, -0.2) is 47.8 Å². The van der Waals surface area contributed by atoms with Gasteiger partial charge in [0.25, 0.3) is 5.91 Å². The summed E-state index contributed by atoms with van der Waals surface area (Å²) in [5, 5.41) is 17.0. The number of aliphatic hydroxyl groups excluding tert-OH is 1. The van der Waals surface area contributed by atoms with E-state index in [4.69, 9.17) is 22.1 Å². The third-order valence-corrected chi connectivity index (χ3v) is 5.00. The van der Waals surface area contributed by atoms with Gasteiger partial charge in [-0.3, -0.25) is 14.4 Å². The van der Waals surface area contributed by atoms with E-state index < -0.39 is 0 Å². The first-order chi connectivity index (χ1) is 16.5. The van der Waals surface area contributed by atoms with Gasteiger partial charge < -0.3 is 25.8 Å². The number of carbonyl (C=O) groups excluding carboxylic acids is 3. The molecule has 0 unspecified atom stereocenters. The Morgan fingerprint density at radius 2 is 1.65 bits per heavy atom. The number of ether oxygens (including phenoxy) is 1. The van der Waals surface area contributed by atoms with Gasteiger partial charge in [-0.1, -0.05) is 42.5 Å². The first-order valence-corrected chi connectivity index (χ1v) is 11.7. The van der Waals surface area contributed by atoms with Crippen molar-refractivity contribution in [3.05, 3.63) is 65.7 Å². The molecular formula is C25H31N3O5S. The van der Waals surface area contributed by atoms with E-state index in [-0.39, 0.29) is 42.3 Å². The Balaban J connectivity index is 1.65. The number of hydrogen-bond acceptors (Lipinski definition) is 6. The minimum Gasteiger partial charge on any atom is -0.466 e. The van der Waals surface area contributed by atoms with Crippen LogP contribution in [0.1, 0.15) is 48.0 Å². The van der Waals surface area contributed by atoms with Gasteiger partial charge in [-0.25, -0.2) is 0 Å². The van der Waals surface area contributed by atoms with Gasteiger partial charge in [0, 0.05) is 26.0 Å². The Kier molecular flexibility index (Phi) is 12.3. The maximum Gasteiger partial charge on any atom is 0.305 e. The van der Waals surface area contributed by atoms with Crippen molar-refractivity contribution in [3.63, 3.8) is 0 Å². The number of anilines is 1. The summed E-state index contributed by atoms with van der Waals surface area (Å²) in [7, 11) is 0. The van der Waals surface area contributed by atoms with Crippen molar-refractivity contribution in [3.8, 4) is 0 Å². The summed E-state index contributed by atoms with van der Waals surface area (Å²) in [5.41, 5.74) is 2.02. The summed E-state index contributed by atoms with van der Waals surface area (Å²) in [5.74, 6) is -0.977. The van der Waals surface area contributed by atoms with Gasteiger partial charge in [0.2, 0.25) is 5.91 Å². The molecule has 0 spiro atoms. The molecule has 2 amide bonds. The van der Waals surface area contributed by atoms with Crippen molar-refractivity contribution in [2.24, 2.45) is 0 Å². The molecule has 0 aromatic heterocycles. The Bertz CT molecular complexity index is 953. The predicted octanol–water partition coefficient (Wildman–Crippen LogP) is 2.96. The third-order valence-electron chi connectivity index (χ3n) is 4.79. The van der Waals surface area contributed by atoms with Gasteiger partial charge in [0.1, 0.15) is 0 Å². The molecule has 2 aromatic rings. The number of carbonyl (C=O) groups is 3. The Morgan fingerprint density at radius 3 is 2.41 bits per heavy atom. The van der Waals surface area contributed by atoms with Gasteiger partial charge in [-0.15, -0.1) is 0 Å². The zero-order valence-corrected chi connectivity index (χ0v) is 19.9. The van der Waals surface area contributed by atoms with Crippen LogP contribution in [0, 0.1) is 0 Å². The predicted molar refractivity (Wildman–Crippen MR) is 134 cm³/mol. The molecule has 4 N–H and O–H groups in total. The number of para-hydroxylation sites is 1. The zero-order chi connectivity index (χ0) is 24.6. The molecular weight excluding hydrogens is 454 g/mol. The fraction of sp³-hybridized carbons (Fsp3) is 0.360. The third kappa shape index (κ3) is 10.5. The second kappa shape index (κ2) is 15.5. The van der Waals surface area contributed by atoms with Gasteiger partial charge in [-0.05, 0) is 55.6 Å². The molecule has 0 atom stereocenters. The highest BCUT2D eigenvalue weighted by Crippen LogP contribution is 2.15. The highest BCUT2D eigenvalue weighted by Gasteiger charge is 2.13. The maximum absolute atomic E-state index is 12.3. The molecule has 0 fully saturated rings. The summed E-state index contributed by atoms with van der Waals surface area (Å²) in [6.45, 7) is 0.684. The lowest BCUT2D eigenvalue weighted by Crippen LogP contribution is -2.35. The van der Waals surface area contributed by atoms with Crippen LogP contribution in [0.5, 0.6) is 0 Å². The zero-order valence-electron chi connectivity index (χ0n) is 19.0. The fourth-order valence-corrected chi connectivity index (χ4v) is 3.31. The minimum absolute atomic E-state index is 0.0116. The molecule has 0 aliphatic heterocycles. The monoisotopic (exact) mass is 485 g/mol. The first kappa shape index (κ1) is 26.9. The maximum atomic E-state index is 12.3. The Hall–Kier alpha value is -3.30. The second-order valence-corrected chi connectivity index (χ2v) is 7.95. The van der Waals surface area contributed by atoms with E-state index in [0.717, 1.165) is 12.8 Å². The van der Waals surface area contributed by atoms with Crippen molar-refractivity contribution in [2.45, 2.75) is 38.5 Å². The lowest BCUT2D eigenvalue weighted by atomic mass is 10.1. The number of benzene rings is 2. The topological polar surface area (TPSA) is 117 Å². The van der Waals surface area contributed by atoms with Crippen molar-refractivity contribution < 1.29 is 24.2 Å². The van der Waals surface area contributed by atoms with Crippen molar-refractivity contribution in [2.75, 3.05) is 25.1 Å². The fourth-order valence-electron chi connectivity index (χ4n) is 3.08. The van der Waals surface area contributed by atoms with Crippen LogP contribution in [0.4, 0.5) is 5.69 Å². The molecule has 0 bridgehead atoms. The molecule has 34 heavy (non-hydrogen) atoms. The van der Waals surface area contributed by atoms with E-state index in [0.29, 0.717) is 37.2 Å². The average molecular weight is 486 g/mol. The highest BCUT2D eigenvalue weighted by atomic mass is 32.1. The number of esters is 1. The molecule has 0 saturated heterocycles. The van der Waals surface area contributed by atoms with Gasteiger partial charge in [-0.2, -0.15) is 0 Å². The molecule has 0 heterocycles. The number of amides is 2. The largest absolute Gasteiger partial charge is 0.466 e. The molecule has 2 rings (SSSR count). The number of aryl methyl sites for hydroxylation is 1. The van der Waals surface area contributed by atoms with E-state index in [9.17, 15) is 14.4 Å². The molecule has 9 heteroatoms. The molecule has 8 nitrogen and oxygen atoms in total. The summed E-state index contributed by atoms with van der Waals surface area (Å²) in [4.78, 5) is 36.3. The van der Waals surface area contributed by atoms with Crippen molar-refractivity contribution >= 4 is 40.8 Å². The van der Waals surface area contributed by atoms with Crippen LogP contribution in [0.2, 0.25) is 0 Å². The number of aliphatic hydroxyl groups is 1. The smallest absolute Gasteiger partial charge is 0.305 e. The first-order valence-electron chi connectivity index (χ1n) is 11.3. The molecule has 2 aromatic carbocycles. The Morgan fingerprint density at radius 1 is 0.912 bits per heavy atom. The van der Waals surface area contributed by atoms with Crippen LogP contribution in [0.15, 0.2) is 54.6 Å². The summed E-state index contributed by atoms with van der Waals surface area (Å²) in [6, 6.07) is 16.7. The Labute approximate surface area is 205 Å². The molecule has 0 radical (unpaired) electrons. The van der Waals surface area contributed by atoms with Crippen LogP contribution >= 0.6 is 12.2 Å². The summed E-state index contributed by atoms with van der Waals surface area (Å²) >= 11 is 5.18. The van der Waals surface area contributed by atoms with Crippen LogP contribution in [0.25, 0.3) is 0 Å². The number of rotatable bonds is 13. The normalized spacial score (nSPS) is 10.3. The number of nitrogens with one attached hydrogen (secondary N) is 3. The summed E-state index contributed by atoms with van der Waals surface area (Å²) < 4.78 is 5.22. The molecule has 182 valence electrons.